The van der Waals surface area contributed by atoms with Gasteiger partial charge in [-0.3, -0.25) is 4.79 Å². The molecule has 4 aromatic rings. The molecule has 8 heteroatoms. The Morgan fingerprint density at radius 1 is 0.925 bits per heavy atom. The normalized spacial score (nSPS) is 10.9. The van der Waals surface area contributed by atoms with Gasteiger partial charge in [0.2, 0.25) is 0 Å². The van der Waals surface area contributed by atoms with Crippen LogP contribution < -0.4 is 19.5 Å². The average molecular weight is 573 g/mol. The molecule has 0 atom stereocenters. The van der Waals surface area contributed by atoms with Crippen molar-refractivity contribution in [2.45, 2.75) is 20.1 Å². The number of methoxy groups -OCH3 is 1. The Balaban J connectivity index is 1.42. The number of halogens is 2. The molecule has 0 aliphatic heterocycles. The monoisotopic (exact) mass is 572 g/mol. The van der Waals surface area contributed by atoms with Crippen molar-refractivity contribution in [1.29, 1.82) is 5.26 Å². The third-order valence-electron chi connectivity index (χ3n) is 5.86. The number of rotatable bonds is 10. The van der Waals surface area contributed by atoms with Gasteiger partial charge in [-0.05, 0) is 66.6 Å². The number of hydrogen-bond acceptors (Lipinski definition) is 5. The van der Waals surface area contributed by atoms with Crippen LogP contribution >= 0.6 is 23.2 Å². The second kappa shape index (κ2) is 13.6. The molecule has 6 nitrogen and oxygen atoms in total. The number of nitriles is 1. The number of anilines is 1. The summed E-state index contributed by atoms with van der Waals surface area (Å²) >= 11 is 12.7. The highest BCUT2D eigenvalue weighted by Gasteiger charge is 2.15. The van der Waals surface area contributed by atoms with Crippen molar-refractivity contribution in [2.75, 3.05) is 12.4 Å². The smallest absolute Gasteiger partial charge is 0.266 e. The number of amides is 1. The molecule has 0 saturated carbocycles. The summed E-state index contributed by atoms with van der Waals surface area (Å²) in [4.78, 5) is 12.8. The molecule has 0 aliphatic rings. The first kappa shape index (κ1) is 28.6. The molecule has 0 heterocycles. The van der Waals surface area contributed by atoms with Crippen molar-refractivity contribution in [1.82, 2.24) is 0 Å². The molecule has 1 N–H and O–H groups in total. The maximum absolute atomic E-state index is 12.8. The van der Waals surface area contributed by atoms with Crippen molar-refractivity contribution in [3.05, 3.63) is 123 Å². The SMILES string of the molecule is COc1cc(/C=C(\C#N)C(=O)Nc2ccc(OCc3ccccc3Cl)cc2)cc(Cl)c1OCc1cccc(C)c1. The number of carbonyl (C=O) groups is 1. The summed E-state index contributed by atoms with van der Waals surface area (Å²) in [6.45, 7) is 2.63. The molecule has 0 spiro atoms. The molecule has 4 rings (SSSR count). The van der Waals surface area contributed by atoms with Gasteiger partial charge in [-0.25, -0.2) is 0 Å². The van der Waals surface area contributed by atoms with Crippen molar-refractivity contribution >= 4 is 40.9 Å². The van der Waals surface area contributed by atoms with E-state index in [9.17, 15) is 10.1 Å². The molecule has 40 heavy (non-hydrogen) atoms. The summed E-state index contributed by atoms with van der Waals surface area (Å²) in [6, 6.07) is 27.4. The first-order valence-electron chi connectivity index (χ1n) is 12.3. The number of carbonyl (C=O) groups excluding carboxylic acids is 1. The van der Waals surface area contributed by atoms with E-state index in [1.165, 1.54) is 13.2 Å². The van der Waals surface area contributed by atoms with Crippen LogP contribution in [0, 0.1) is 18.3 Å². The van der Waals surface area contributed by atoms with Crippen LogP contribution in [-0.4, -0.2) is 13.0 Å². The molecule has 0 aliphatic carbocycles. The molecular formula is C32H26Cl2N2O4. The van der Waals surface area contributed by atoms with E-state index in [0.717, 1.165) is 16.7 Å². The van der Waals surface area contributed by atoms with Crippen LogP contribution in [-0.2, 0) is 18.0 Å². The van der Waals surface area contributed by atoms with Crippen molar-refractivity contribution in [3.63, 3.8) is 0 Å². The van der Waals surface area contributed by atoms with E-state index < -0.39 is 5.91 Å². The number of nitrogens with zero attached hydrogens (tertiary/aromatic N) is 1. The van der Waals surface area contributed by atoms with Gasteiger partial charge in [-0.2, -0.15) is 5.26 Å². The summed E-state index contributed by atoms with van der Waals surface area (Å²) in [6.07, 6.45) is 1.44. The van der Waals surface area contributed by atoms with Crippen LogP contribution in [0.25, 0.3) is 6.08 Å². The first-order chi connectivity index (χ1) is 19.4. The van der Waals surface area contributed by atoms with Crippen molar-refractivity contribution < 1.29 is 19.0 Å². The van der Waals surface area contributed by atoms with E-state index in [2.05, 4.69) is 5.32 Å². The summed E-state index contributed by atoms with van der Waals surface area (Å²) in [5.41, 5.74) is 3.90. The minimum Gasteiger partial charge on any atom is -0.493 e. The lowest BCUT2D eigenvalue weighted by Gasteiger charge is -2.14. The van der Waals surface area contributed by atoms with E-state index in [1.807, 2.05) is 55.5 Å². The minimum atomic E-state index is -0.568. The molecule has 4 aromatic carbocycles. The maximum Gasteiger partial charge on any atom is 0.266 e. The zero-order chi connectivity index (χ0) is 28.5. The number of aryl methyl sites for hydroxylation is 1. The Hall–Kier alpha value is -4.44. The molecule has 1 amide bonds. The Kier molecular flexibility index (Phi) is 9.69. The molecule has 0 fully saturated rings. The Morgan fingerprint density at radius 3 is 2.40 bits per heavy atom. The van der Waals surface area contributed by atoms with Gasteiger partial charge in [-0.1, -0.05) is 71.2 Å². The predicted molar refractivity (Wildman–Crippen MR) is 158 cm³/mol. The Bertz CT molecular complexity index is 1580. The molecule has 0 unspecified atom stereocenters. The lowest BCUT2D eigenvalue weighted by Crippen LogP contribution is -2.13. The molecule has 0 saturated heterocycles. The van der Waals surface area contributed by atoms with Gasteiger partial charge in [0.05, 0.1) is 12.1 Å². The second-order valence-corrected chi connectivity index (χ2v) is 9.65. The molecule has 0 bridgehead atoms. The molecule has 202 valence electrons. The topological polar surface area (TPSA) is 80.6 Å². The van der Waals surface area contributed by atoms with E-state index in [-0.39, 0.29) is 5.57 Å². The highest BCUT2D eigenvalue weighted by Crippen LogP contribution is 2.37. The summed E-state index contributed by atoms with van der Waals surface area (Å²) in [7, 11) is 1.50. The van der Waals surface area contributed by atoms with Crippen LogP contribution in [0.3, 0.4) is 0 Å². The van der Waals surface area contributed by atoms with E-state index >= 15 is 0 Å². The van der Waals surface area contributed by atoms with Crippen molar-refractivity contribution in [2.24, 2.45) is 0 Å². The van der Waals surface area contributed by atoms with E-state index in [0.29, 0.717) is 51.8 Å². The number of benzene rings is 4. The Labute approximate surface area is 243 Å². The van der Waals surface area contributed by atoms with Gasteiger partial charge < -0.3 is 19.5 Å². The minimum absolute atomic E-state index is 0.106. The standard InChI is InChI=1S/C32H26Cl2N2O4/c1-21-6-5-7-22(14-21)19-40-31-29(34)16-23(17-30(31)38-2)15-25(18-35)32(37)36-26-10-12-27(13-11-26)39-20-24-8-3-4-9-28(24)33/h3-17H,19-20H2,1-2H3,(H,36,37)/b25-15+. The average Bonchev–Trinajstić information content (AvgIpc) is 2.95. The number of ether oxygens (including phenoxy) is 3. The van der Waals surface area contributed by atoms with Crippen LogP contribution in [0.15, 0.2) is 90.5 Å². The third kappa shape index (κ3) is 7.57. The van der Waals surface area contributed by atoms with Crippen molar-refractivity contribution in [3.8, 4) is 23.3 Å². The van der Waals surface area contributed by atoms with E-state index in [1.54, 1.807) is 42.5 Å². The fourth-order valence-electron chi connectivity index (χ4n) is 3.85. The lowest BCUT2D eigenvalue weighted by molar-refractivity contribution is -0.112. The predicted octanol–water partition coefficient (Wildman–Crippen LogP) is 8.01. The van der Waals surface area contributed by atoms with Gasteiger partial charge in [0.15, 0.2) is 11.5 Å². The fourth-order valence-corrected chi connectivity index (χ4v) is 4.31. The van der Waals surface area contributed by atoms with Gasteiger partial charge in [-0.15, -0.1) is 0 Å². The largest absolute Gasteiger partial charge is 0.493 e. The maximum atomic E-state index is 12.8. The van der Waals surface area contributed by atoms with Crippen LogP contribution in [0.2, 0.25) is 10.0 Å². The zero-order valence-electron chi connectivity index (χ0n) is 21.9. The van der Waals surface area contributed by atoms with Gasteiger partial charge in [0.1, 0.15) is 30.6 Å². The quantitative estimate of drug-likeness (QED) is 0.154. The van der Waals surface area contributed by atoms with Gasteiger partial charge in [0, 0.05) is 16.3 Å². The van der Waals surface area contributed by atoms with Crippen LogP contribution in [0.1, 0.15) is 22.3 Å². The van der Waals surface area contributed by atoms with Crippen LogP contribution in [0.5, 0.6) is 17.2 Å². The fraction of sp³-hybridized carbons (Fsp3) is 0.125. The lowest BCUT2D eigenvalue weighted by atomic mass is 10.1. The van der Waals surface area contributed by atoms with Crippen LogP contribution in [0.4, 0.5) is 5.69 Å². The summed E-state index contributed by atoms with van der Waals surface area (Å²) in [5.74, 6) is 0.807. The summed E-state index contributed by atoms with van der Waals surface area (Å²) in [5, 5.41) is 13.3. The van der Waals surface area contributed by atoms with Gasteiger partial charge >= 0.3 is 0 Å². The first-order valence-corrected chi connectivity index (χ1v) is 13.1. The number of hydrogen-bond donors (Lipinski definition) is 1. The van der Waals surface area contributed by atoms with Gasteiger partial charge in [0.25, 0.3) is 5.91 Å². The zero-order valence-corrected chi connectivity index (χ0v) is 23.4. The second-order valence-electron chi connectivity index (χ2n) is 8.84. The van der Waals surface area contributed by atoms with E-state index in [4.69, 9.17) is 37.4 Å². The Morgan fingerprint density at radius 2 is 1.70 bits per heavy atom. The highest BCUT2D eigenvalue weighted by atomic mass is 35.5. The number of nitrogens with one attached hydrogen (secondary N) is 1. The molecular weight excluding hydrogens is 547 g/mol. The molecule has 0 radical (unpaired) electrons. The third-order valence-corrected chi connectivity index (χ3v) is 6.51. The summed E-state index contributed by atoms with van der Waals surface area (Å²) < 4.78 is 17.2. The highest BCUT2D eigenvalue weighted by molar-refractivity contribution is 6.32. The molecule has 0 aromatic heterocycles.